The van der Waals surface area contributed by atoms with Gasteiger partial charge in [0.25, 0.3) is 0 Å². The molecule has 0 radical (unpaired) electrons. The van der Waals surface area contributed by atoms with Gasteiger partial charge in [-0.05, 0) is 30.7 Å². The maximum Gasteiger partial charge on any atom is 0.225 e. The Morgan fingerprint density at radius 2 is 1.91 bits per heavy atom. The number of aromatic nitrogens is 2. The second-order valence-corrected chi connectivity index (χ2v) is 5.28. The second kappa shape index (κ2) is 6.98. The molecule has 22 heavy (non-hydrogen) atoms. The molecule has 0 aliphatic heterocycles. The minimum Gasteiger partial charge on any atom is -0.350 e. The molecule has 0 fully saturated rings. The molecule has 1 aromatic heterocycles. The van der Waals surface area contributed by atoms with Crippen molar-refractivity contribution in [3.05, 3.63) is 53.1 Å². The molecule has 1 aromatic carbocycles. The number of carbonyl (C=O) groups excluding carboxylic acids is 1. The van der Waals surface area contributed by atoms with Crippen molar-refractivity contribution in [2.24, 2.45) is 0 Å². The number of amides is 1. The van der Waals surface area contributed by atoms with Crippen molar-refractivity contribution in [1.29, 1.82) is 0 Å². The van der Waals surface area contributed by atoms with Crippen LogP contribution < -0.4 is 10.2 Å². The molecule has 2 rings (SSSR count). The van der Waals surface area contributed by atoms with E-state index in [1.54, 1.807) is 12.1 Å². The Bertz CT molecular complexity index is 656. The zero-order chi connectivity index (χ0) is 16.1. The van der Waals surface area contributed by atoms with E-state index in [-0.39, 0.29) is 18.1 Å². The van der Waals surface area contributed by atoms with Gasteiger partial charge < -0.3 is 10.2 Å². The Morgan fingerprint density at radius 3 is 2.55 bits per heavy atom. The van der Waals surface area contributed by atoms with E-state index in [2.05, 4.69) is 15.3 Å². The van der Waals surface area contributed by atoms with Crippen LogP contribution >= 0.6 is 0 Å². The predicted molar refractivity (Wildman–Crippen MR) is 83.0 cm³/mol. The Morgan fingerprint density at radius 1 is 1.23 bits per heavy atom. The van der Waals surface area contributed by atoms with Gasteiger partial charge >= 0.3 is 0 Å². The summed E-state index contributed by atoms with van der Waals surface area (Å²) in [5, 5.41) is 2.81. The summed E-state index contributed by atoms with van der Waals surface area (Å²) in [4.78, 5) is 22.4. The Balaban J connectivity index is 1.94. The molecule has 5 nitrogen and oxygen atoms in total. The SMILES string of the molecule is Cc1cc(CNC(=O)Cc2ccc(F)cc2)nc(N(C)C)n1. The average molecular weight is 302 g/mol. The fourth-order valence-electron chi connectivity index (χ4n) is 1.95. The fourth-order valence-corrected chi connectivity index (χ4v) is 1.95. The lowest BCUT2D eigenvalue weighted by Gasteiger charge is -2.12. The molecule has 116 valence electrons. The standard InChI is InChI=1S/C16H19FN4O/c1-11-8-14(20-16(19-11)21(2)3)10-18-15(22)9-12-4-6-13(17)7-5-12/h4-8H,9-10H2,1-3H3,(H,18,22). The van der Waals surface area contributed by atoms with E-state index in [4.69, 9.17) is 0 Å². The molecule has 1 heterocycles. The van der Waals surface area contributed by atoms with Crippen molar-refractivity contribution in [3.63, 3.8) is 0 Å². The maximum atomic E-state index is 12.8. The number of nitrogens with one attached hydrogen (secondary N) is 1. The third kappa shape index (κ3) is 4.51. The van der Waals surface area contributed by atoms with Gasteiger partial charge in [0, 0.05) is 19.8 Å². The lowest BCUT2D eigenvalue weighted by molar-refractivity contribution is -0.120. The van der Waals surface area contributed by atoms with Crippen molar-refractivity contribution in [2.45, 2.75) is 19.9 Å². The summed E-state index contributed by atoms with van der Waals surface area (Å²) in [6.45, 7) is 2.22. The molecule has 1 N–H and O–H groups in total. The van der Waals surface area contributed by atoms with Crippen LogP contribution in [-0.2, 0) is 17.8 Å². The van der Waals surface area contributed by atoms with Gasteiger partial charge in [-0.25, -0.2) is 14.4 Å². The third-order valence-corrected chi connectivity index (χ3v) is 3.04. The first kappa shape index (κ1) is 15.9. The van der Waals surface area contributed by atoms with Gasteiger partial charge in [0.1, 0.15) is 5.82 Å². The van der Waals surface area contributed by atoms with Crippen LogP contribution in [0.5, 0.6) is 0 Å². The molecule has 0 saturated carbocycles. The number of halogens is 1. The fraction of sp³-hybridized carbons (Fsp3) is 0.312. The van der Waals surface area contributed by atoms with Gasteiger partial charge in [0.15, 0.2) is 0 Å². The van der Waals surface area contributed by atoms with Crippen LogP contribution in [0.25, 0.3) is 0 Å². The summed E-state index contributed by atoms with van der Waals surface area (Å²) < 4.78 is 12.8. The van der Waals surface area contributed by atoms with E-state index in [0.29, 0.717) is 12.5 Å². The van der Waals surface area contributed by atoms with Gasteiger partial charge in [-0.1, -0.05) is 12.1 Å². The number of nitrogens with zero attached hydrogens (tertiary/aromatic N) is 3. The summed E-state index contributed by atoms with van der Waals surface area (Å²) in [6.07, 6.45) is 0.213. The summed E-state index contributed by atoms with van der Waals surface area (Å²) in [6, 6.07) is 7.74. The van der Waals surface area contributed by atoms with Crippen molar-refractivity contribution >= 4 is 11.9 Å². The van der Waals surface area contributed by atoms with E-state index >= 15 is 0 Å². The van der Waals surface area contributed by atoms with Gasteiger partial charge in [0.2, 0.25) is 11.9 Å². The van der Waals surface area contributed by atoms with Crippen LogP contribution in [0.1, 0.15) is 17.0 Å². The molecular weight excluding hydrogens is 283 g/mol. The zero-order valence-electron chi connectivity index (χ0n) is 12.9. The maximum absolute atomic E-state index is 12.8. The highest BCUT2D eigenvalue weighted by Gasteiger charge is 2.07. The molecule has 1 amide bonds. The smallest absolute Gasteiger partial charge is 0.225 e. The number of anilines is 1. The van der Waals surface area contributed by atoms with Crippen LogP contribution in [0.4, 0.5) is 10.3 Å². The van der Waals surface area contributed by atoms with Gasteiger partial charge in [-0.15, -0.1) is 0 Å². The number of benzene rings is 1. The second-order valence-electron chi connectivity index (χ2n) is 5.28. The van der Waals surface area contributed by atoms with Gasteiger partial charge in [0.05, 0.1) is 18.7 Å². The van der Waals surface area contributed by atoms with Gasteiger partial charge in [-0.3, -0.25) is 4.79 Å². The molecule has 0 unspecified atom stereocenters. The number of hydrogen-bond donors (Lipinski definition) is 1. The lowest BCUT2D eigenvalue weighted by Crippen LogP contribution is -2.25. The Kier molecular flexibility index (Phi) is 5.04. The molecular formula is C16H19FN4O. The van der Waals surface area contributed by atoms with E-state index in [9.17, 15) is 9.18 Å². The van der Waals surface area contributed by atoms with E-state index in [0.717, 1.165) is 17.0 Å². The molecule has 0 saturated heterocycles. The normalized spacial score (nSPS) is 10.4. The monoisotopic (exact) mass is 302 g/mol. The Hall–Kier alpha value is -2.50. The van der Waals surface area contributed by atoms with Crippen LogP contribution in [0.3, 0.4) is 0 Å². The number of aryl methyl sites for hydroxylation is 1. The molecule has 0 aliphatic rings. The van der Waals surface area contributed by atoms with Crippen molar-refractivity contribution in [2.75, 3.05) is 19.0 Å². The predicted octanol–water partition coefficient (Wildman–Crippen LogP) is 1.85. The molecule has 0 aliphatic carbocycles. The summed E-state index contributed by atoms with van der Waals surface area (Å²) in [7, 11) is 3.73. The number of hydrogen-bond acceptors (Lipinski definition) is 4. The first-order valence-electron chi connectivity index (χ1n) is 6.97. The average Bonchev–Trinajstić information content (AvgIpc) is 2.47. The molecule has 2 aromatic rings. The summed E-state index contributed by atoms with van der Waals surface area (Å²) in [5.74, 6) is 0.175. The van der Waals surface area contributed by atoms with Crippen LogP contribution in [0.2, 0.25) is 0 Å². The molecule has 0 atom stereocenters. The zero-order valence-corrected chi connectivity index (χ0v) is 12.9. The highest BCUT2D eigenvalue weighted by atomic mass is 19.1. The minimum atomic E-state index is -0.308. The van der Waals surface area contributed by atoms with E-state index in [1.165, 1.54) is 12.1 Å². The largest absolute Gasteiger partial charge is 0.350 e. The first-order chi connectivity index (χ1) is 10.4. The van der Waals surface area contributed by atoms with Gasteiger partial charge in [-0.2, -0.15) is 0 Å². The highest BCUT2D eigenvalue weighted by molar-refractivity contribution is 5.78. The minimum absolute atomic E-state index is 0.130. The quantitative estimate of drug-likeness (QED) is 0.916. The number of rotatable bonds is 5. The van der Waals surface area contributed by atoms with E-state index in [1.807, 2.05) is 32.0 Å². The van der Waals surface area contributed by atoms with Crippen molar-refractivity contribution < 1.29 is 9.18 Å². The van der Waals surface area contributed by atoms with Crippen molar-refractivity contribution in [3.8, 4) is 0 Å². The molecule has 0 spiro atoms. The van der Waals surface area contributed by atoms with E-state index < -0.39 is 0 Å². The highest BCUT2D eigenvalue weighted by Crippen LogP contribution is 2.08. The van der Waals surface area contributed by atoms with Crippen molar-refractivity contribution in [1.82, 2.24) is 15.3 Å². The Labute approximate surface area is 129 Å². The first-order valence-corrected chi connectivity index (χ1v) is 6.97. The lowest BCUT2D eigenvalue weighted by atomic mass is 10.1. The summed E-state index contributed by atoms with van der Waals surface area (Å²) in [5.41, 5.74) is 2.37. The van der Waals surface area contributed by atoms with Crippen LogP contribution in [-0.4, -0.2) is 30.0 Å². The molecule has 6 heteroatoms. The summed E-state index contributed by atoms with van der Waals surface area (Å²) >= 11 is 0. The number of carbonyl (C=O) groups is 1. The van der Waals surface area contributed by atoms with Crippen LogP contribution in [0.15, 0.2) is 30.3 Å². The topological polar surface area (TPSA) is 58.1 Å². The third-order valence-electron chi connectivity index (χ3n) is 3.04. The van der Waals surface area contributed by atoms with Crippen LogP contribution in [0, 0.1) is 12.7 Å². The molecule has 0 bridgehead atoms.